The minimum absolute atomic E-state index is 0.00902. The normalized spacial score (nSPS) is 10.6. The largest absolute Gasteiger partial charge is 0.477 e. The predicted molar refractivity (Wildman–Crippen MR) is 77.3 cm³/mol. The van der Waals surface area contributed by atoms with E-state index in [0.717, 1.165) is 19.4 Å². The molecule has 0 fully saturated rings. The van der Waals surface area contributed by atoms with Gasteiger partial charge in [0.05, 0.1) is 5.69 Å². The van der Waals surface area contributed by atoms with E-state index in [4.69, 9.17) is 5.11 Å². The molecule has 0 saturated carbocycles. The van der Waals surface area contributed by atoms with Crippen molar-refractivity contribution in [1.82, 2.24) is 15.2 Å². The molecular formula is C13H22N4O3. The van der Waals surface area contributed by atoms with Gasteiger partial charge in [0.1, 0.15) is 5.69 Å². The fraction of sp³-hybridized carbons (Fsp3) is 0.538. The molecule has 0 radical (unpaired) electrons. The van der Waals surface area contributed by atoms with E-state index in [0.29, 0.717) is 12.2 Å². The highest BCUT2D eigenvalue weighted by molar-refractivity contribution is 5.99. The summed E-state index contributed by atoms with van der Waals surface area (Å²) in [5, 5.41) is 14.2. The quantitative estimate of drug-likeness (QED) is 0.569. The zero-order valence-electron chi connectivity index (χ0n) is 12.1. The number of carbonyl (C=O) groups is 2. The van der Waals surface area contributed by atoms with Crippen molar-refractivity contribution in [1.29, 1.82) is 0 Å². The lowest BCUT2D eigenvalue weighted by atomic mass is 10.3. The van der Waals surface area contributed by atoms with Crippen LogP contribution >= 0.6 is 0 Å². The molecule has 0 saturated heterocycles. The number of aromatic carboxylic acids is 1. The molecule has 0 unspecified atom stereocenters. The van der Waals surface area contributed by atoms with E-state index in [2.05, 4.69) is 20.5 Å². The Morgan fingerprint density at radius 1 is 1.35 bits per heavy atom. The number of rotatable bonds is 7. The smallest absolute Gasteiger partial charge is 0.354 e. The number of hydrogen-bond acceptors (Lipinski definition) is 3. The summed E-state index contributed by atoms with van der Waals surface area (Å²) >= 11 is 0. The maximum atomic E-state index is 11.7. The molecule has 1 aromatic rings. The lowest BCUT2D eigenvalue weighted by Gasteiger charge is -2.10. The first-order valence-corrected chi connectivity index (χ1v) is 6.52. The van der Waals surface area contributed by atoms with Crippen LogP contribution in [0.4, 0.5) is 10.5 Å². The Labute approximate surface area is 118 Å². The Hall–Kier alpha value is -2.02. The topological polar surface area (TPSA) is 97.5 Å². The molecule has 7 nitrogen and oxygen atoms in total. The van der Waals surface area contributed by atoms with Gasteiger partial charge in [-0.2, -0.15) is 0 Å². The standard InChI is InChI=1S/C13H22N4O3/c1-9-8-10(11(15-9)12(18)19)16-13(20)14-6-4-5-7-17(2)3/h8,15H,4-7H2,1-3H3,(H,18,19)(H2,14,16,20). The number of unbranched alkanes of at least 4 members (excludes halogenated alkanes) is 1. The number of nitrogens with one attached hydrogen (secondary N) is 3. The number of nitrogens with zero attached hydrogens (tertiary/aromatic N) is 1. The Kier molecular flexibility index (Phi) is 6.05. The summed E-state index contributed by atoms with van der Waals surface area (Å²) in [6.45, 7) is 3.27. The molecule has 1 heterocycles. The van der Waals surface area contributed by atoms with Gasteiger partial charge >= 0.3 is 12.0 Å². The predicted octanol–water partition coefficient (Wildman–Crippen LogP) is 1.48. The summed E-state index contributed by atoms with van der Waals surface area (Å²) in [4.78, 5) is 27.4. The van der Waals surface area contributed by atoms with Crippen LogP contribution in [0.3, 0.4) is 0 Å². The number of hydrogen-bond donors (Lipinski definition) is 4. The lowest BCUT2D eigenvalue weighted by Crippen LogP contribution is -2.30. The highest BCUT2D eigenvalue weighted by Crippen LogP contribution is 2.16. The van der Waals surface area contributed by atoms with Gasteiger partial charge in [-0.3, -0.25) is 0 Å². The highest BCUT2D eigenvalue weighted by atomic mass is 16.4. The maximum Gasteiger partial charge on any atom is 0.354 e. The average molecular weight is 282 g/mol. The van der Waals surface area contributed by atoms with Crippen LogP contribution < -0.4 is 10.6 Å². The van der Waals surface area contributed by atoms with E-state index in [1.165, 1.54) is 0 Å². The third-order valence-corrected chi connectivity index (χ3v) is 2.73. The molecule has 0 bridgehead atoms. The summed E-state index contributed by atoms with van der Waals surface area (Å²) in [5.41, 5.74) is 0.953. The van der Waals surface area contributed by atoms with Crippen LogP contribution in [0, 0.1) is 6.92 Å². The number of aromatic nitrogens is 1. The number of amides is 2. The van der Waals surface area contributed by atoms with Crippen molar-refractivity contribution in [3.8, 4) is 0 Å². The SMILES string of the molecule is Cc1cc(NC(=O)NCCCCN(C)C)c(C(=O)O)[nH]1. The molecular weight excluding hydrogens is 260 g/mol. The minimum atomic E-state index is -1.10. The number of aromatic amines is 1. The molecule has 7 heteroatoms. The third kappa shape index (κ3) is 5.31. The van der Waals surface area contributed by atoms with Crippen LogP contribution in [0.2, 0.25) is 0 Å². The second kappa shape index (κ2) is 7.54. The molecule has 0 aromatic carbocycles. The fourth-order valence-electron chi connectivity index (χ4n) is 1.78. The van der Waals surface area contributed by atoms with Gasteiger partial charge in [-0.05, 0) is 46.5 Å². The Bertz CT molecular complexity index is 468. The summed E-state index contributed by atoms with van der Waals surface area (Å²) in [7, 11) is 4.00. The van der Waals surface area contributed by atoms with Gasteiger partial charge in [0.15, 0.2) is 0 Å². The summed E-state index contributed by atoms with van der Waals surface area (Å²) < 4.78 is 0. The monoisotopic (exact) mass is 282 g/mol. The Balaban J connectivity index is 2.37. The molecule has 0 atom stereocenters. The van der Waals surface area contributed by atoms with Gasteiger partial charge in [-0.1, -0.05) is 0 Å². The number of aryl methyl sites for hydroxylation is 1. The van der Waals surface area contributed by atoms with Crippen molar-refractivity contribution in [2.24, 2.45) is 0 Å². The molecule has 1 rings (SSSR count). The van der Waals surface area contributed by atoms with Gasteiger partial charge < -0.3 is 25.6 Å². The highest BCUT2D eigenvalue weighted by Gasteiger charge is 2.14. The van der Waals surface area contributed by atoms with Gasteiger partial charge in [-0.25, -0.2) is 9.59 Å². The molecule has 0 aliphatic carbocycles. The number of carboxylic acid groups (broad SMARTS) is 1. The second-order valence-corrected chi connectivity index (χ2v) is 4.94. The lowest BCUT2D eigenvalue weighted by molar-refractivity contribution is 0.0692. The van der Waals surface area contributed by atoms with E-state index in [-0.39, 0.29) is 11.4 Å². The summed E-state index contributed by atoms with van der Waals surface area (Å²) in [5.74, 6) is -1.10. The van der Waals surface area contributed by atoms with E-state index in [9.17, 15) is 9.59 Å². The number of anilines is 1. The zero-order valence-corrected chi connectivity index (χ0v) is 12.1. The van der Waals surface area contributed by atoms with Crippen LogP contribution in [0.5, 0.6) is 0 Å². The van der Waals surface area contributed by atoms with Crippen molar-refractivity contribution >= 4 is 17.7 Å². The van der Waals surface area contributed by atoms with Crippen molar-refractivity contribution in [3.63, 3.8) is 0 Å². The van der Waals surface area contributed by atoms with E-state index >= 15 is 0 Å². The number of H-pyrrole nitrogens is 1. The first-order valence-electron chi connectivity index (χ1n) is 6.52. The van der Waals surface area contributed by atoms with Crippen molar-refractivity contribution < 1.29 is 14.7 Å². The number of carboxylic acids is 1. The van der Waals surface area contributed by atoms with E-state index in [1.54, 1.807) is 13.0 Å². The van der Waals surface area contributed by atoms with Gasteiger partial charge in [-0.15, -0.1) is 0 Å². The Morgan fingerprint density at radius 3 is 2.65 bits per heavy atom. The molecule has 2 amide bonds. The number of carbonyl (C=O) groups excluding carboxylic acids is 1. The molecule has 112 valence electrons. The molecule has 0 aliphatic rings. The molecule has 20 heavy (non-hydrogen) atoms. The molecule has 0 spiro atoms. The third-order valence-electron chi connectivity index (χ3n) is 2.73. The van der Waals surface area contributed by atoms with Gasteiger partial charge in [0.25, 0.3) is 0 Å². The van der Waals surface area contributed by atoms with E-state index < -0.39 is 12.0 Å². The van der Waals surface area contributed by atoms with E-state index in [1.807, 2.05) is 14.1 Å². The van der Waals surface area contributed by atoms with Crippen LogP contribution in [0.25, 0.3) is 0 Å². The maximum absolute atomic E-state index is 11.7. The number of urea groups is 1. The molecule has 1 aromatic heterocycles. The first kappa shape index (κ1) is 16.0. The van der Waals surface area contributed by atoms with Crippen molar-refractivity contribution in [3.05, 3.63) is 17.5 Å². The van der Waals surface area contributed by atoms with Crippen LogP contribution in [0.1, 0.15) is 29.0 Å². The Morgan fingerprint density at radius 2 is 2.05 bits per heavy atom. The van der Waals surface area contributed by atoms with Crippen molar-refractivity contribution in [2.75, 3.05) is 32.5 Å². The fourth-order valence-corrected chi connectivity index (χ4v) is 1.78. The van der Waals surface area contributed by atoms with Crippen LogP contribution in [0.15, 0.2) is 6.07 Å². The van der Waals surface area contributed by atoms with Gasteiger partial charge in [0.2, 0.25) is 0 Å². The minimum Gasteiger partial charge on any atom is -0.477 e. The zero-order chi connectivity index (χ0) is 15.1. The molecule has 4 N–H and O–H groups in total. The average Bonchev–Trinajstić information content (AvgIpc) is 2.69. The molecule has 0 aliphatic heterocycles. The van der Waals surface area contributed by atoms with Crippen molar-refractivity contribution in [2.45, 2.75) is 19.8 Å². The van der Waals surface area contributed by atoms with Crippen LogP contribution in [-0.4, -0.2) is 54.2 Å². The van der Waals surface area contributed by atoms with Gasteiger partial charge in [0, 0.05) is 12.2 Å². The summed E-state index contributed by atoms with van der Waals surface area (Å²) in [6, 6.07) is 1.20. The van der Waals surface area contributed by atoms with Crippen LogP contribution in [-0.2, 0) is 0 Å². The first-order chi connectivity index (χ1) is 9.40. The second-order valence-electron chi connectivity index (χ2n) is 4.94. The summed E-state index contributed by atoms with van der Waals surface area (Å²) in [6.07, 6.45) is 1.88.